The SMILES string of the molecule is CCCCCCCCCCC#CCCCCCC(=O)OC. The Kier molecular flexibility index (Phi) is 16.3. The van der Waals surface area contributed by atoms with Crippen LogP contribution >= 0.6 is 0 Å². The van der Waals surface area contributed by atoms with E-state index in [0.29, 0.717) is 6.42 Å². The van der Waals surface area contributed by atoms with Gasteiger partial charge in [-0.2, -0.15) is 0 Å². The van der Waals surface area contributed by atoms with Crippen LogP contribution in [0.4, 0.5) is 0 Å². The second-order valence-electron chi connectivity index (χ2n) is 5.72. The molecule has 0 amide bonds. The Morgan fingerprint density at radius 3 is 1.76 bits per heavy atom. The summed E-state index contributed by atoms with van der Waals surface area (Å²) in [5.74, 6) is 6.40. The van der Waals surface area contributed by atoms with Gasteiger partial charge < -0.3 is 4.74 Å². The summed E-state index contributed by atoms with van der Waals surface area (Å²) in [6, 6.07) is 0. The second-order valence-corrected chi connectivity index (χ2v) is 5.72. The fourth-order valence-corrected chi connectivity index (χ4v) is 2.29. The first kappa shape index (κ1) is 20.0. The van der Waals surface area contributed by atoms with Crippen molar-refractivity contribution in [2.45, 2.75) is 96.8 Å². The zero-order valence-corrected chi connectivity index (χ0v) is 14.2. The minimum absolute atomic E-state index is 0.101. The molecular weight excluding hydrogens is 260 g/mol. The van der Waals surface area contributed by atoms with Crippen LogP contribution in [0, 0.1) is 11.8 Å². The molecule has 0 fully saturated rings. The highest BCUT2D eigenvalue weighted by molar-refractivity contribution is 5.68. The van der Waals surface area contributed by atoms with Gasteiger partial charge in [0.1, 0.15) is 0 Å². The maximum Gasteiger partial charge on any atom is 0.305 e. The molecule has 122 valence electrons. The molecule has 0 N–H and O–H groups in total. The van der Waals surface area contributed by atoms with Crippen LogP contribution in [0.2, 0.25) is 0 Å². The van der Waals surface area contributed by atoms with Crippen molar-refractivity contribution in [3.63, 3.8) is 0 Å². The zero-order chi connectivity index (χ0) is 15.6. The lowest BCUT2D eigenvalue weighted by molar-refractivity contribution is -0.140. The molecule has 0 aromatic rings. The van der Waals surface area contributed by atoms with Crippen molar-refractivity contribution in [3.05, 3.63) is 0 Å². The van der Waals surface area contributed by atoms with Crippen LogP contribution in [-0.2, 0) is 9.53 Å². The zero-order valence-electron chi connectivity index (χ0n) is 14.2. The van der Waals surface area contributed by atoms with Crippen molar-refractivity contribution in [3.8, 4) is 11.8 Å². The van der Waals surface area contributed by atoms with Crippen molar-refractivity contribution < 1.29 is 9.53 Å². The number of hydrogen-bond acceptors (Lipinski definition) is 2. The van der Waals surface area contributed by atoms with Gasteiger partial charge in [-0.1, -0.05) is 58.3 Å². The fraction of sp³-hybridized carbons (Fsp3) is 0.842. The first-order chi connectivity index (χ1) is 10.3. The van der Waals surface area contributed by atoms with E-state index in [1.165, 1.54) is 58.5 Å². The van der Waals surface area contributed by atoms with Gasteiger partial charge in [-0.3, -0.25) is 4.79 Å². The first-order valence-electron chi connectivity index (χ1n) is 8.83. The molecule has 0 aliphatic carbocycles. The number of carbonyl (C=O) groups excluding carboxylic acids is 1. The number of ether oxygens (including phenoxy) is 1. The number of carbonyl (C=O) groups is 1. The van der Waals surface area contributed by atoms with Crippen LogP contribution in [0.5, 0.6) is 0 Å². The molecule has 0 atom stereocenters. The molecule has 0 rings (SSSR count). The van der Waals surface area contributed by atoms with E-state index in [4.69, 9.17) is 0 Å². The Morgan fingerprint density at radius 1 is 0.762 bits per heavy atom. The molecule has 0 aromatic heterocycles. The van der Waals surface area contributed by atoms with E-state index in [1.807, 2.05) is 0 Å². The Bertz CT molecular complexity index is 286. The van der Waals surface area contributed by atoms with Crippen molar-refractivity contribution in [1.29, 1.82) is 0 Å². The molecule has 0 spiro atoms. The number of rotatable bonds is 13. The lowest BCUT2D eigenvalue weighted by Crippen LogP contribution is -1.98. The molecule has 0 saturated heterocycles. The van der Waals surface area contributed by atoms with E-state index < -0.39 is 0 Å². The molecule has 0 saturated carbocycles. The Labute approximate surface area is 132 Å². The molecule has 0 unspecified atom stereocenters. The van der Waals surface area contributed by atoms with E-state index in [2.05, 4.69) is 23.5 Å². The Balaban J connectivity index is 3.15. The number of hydrogen-bond donors (Lipinski definition) is 0. The van der Waals surface area contributed by atoms with Gasteiger partial charge >= 0.3 is 5.97 Å². The quantitative estimate of drug-likeness (QED) is 0.249. The molecule has 0 aromatic carbocycles. The monoisotopic (exact) mass is 294 g/mol. The summed E-state index contributed by atoms with van der Waals surface area (Å²) in [6.07, 6.45) is 16.6. The van der Waals surface area contributed by atoms with Crippen LogP contribution in [0.25, 0.3) is 0 Å². The van der Waals surface area contributed by atoms with Crippen LogP contribution < -0.4 is 0 Å². The molecule has 0 heterocycles. The van der Waals surface area contributed by atoms with Crippen molar-refractivity contribution in [2.24, 2.45) is 0 Å². The van der Waals surface area contributed by atoms with E-state index in [-0.39, 0.29) is 5.97 Å². The van der Waals surface area contributed by atoms with E-state index in [9.17, 15) is 4.79 Å². The highest BCUT2D eigenvalue weighted by Crippen LogP contribution is 2.09. The predicted octanol–water partition coefficient (Wildman–Crippen LogP) is 5.64. The lowest BCUT2D eigenvalue weighted by atomic mass is 10.1. The molecule has 2 nitrogen and oxygen atoms in total. The summed E-state index contributed by atoms with van der Waals surface area (Å²) in [7, 11) is 1.44. The third-order valence-electron chi connectivity index (χ3n) is 3.69. The standard InChI is InChI=1S/C19H34O2/c1-3-4-5-6-7-8-9-10-11-12-13-14-15-16-17-18-19(20)21-2/h3-11,14-18H2,1-2H3. The third kappa shape index (κ3) is 17.0. The molecule has 0 aliphatic heterocycles. The van der Waals surface area contributed by atoms with Crippen LogP contribution in [-0.4, -0.2) is 13.1 Å². The highest BCUT2D eigenvalue weighted by Gasteiger charge is 1.98. The maximum absolute atomic E-state index is 10.9. The molecule has 0 radical (unpaired) electrons. The summed E-state index contributed by atoms with van der Waals surface area (Å²) in [4.78, 5) is 10.9. The molecule has 2 heteroatoms. The average molecular weight is 294 g/mol. The summed E-state index contributed by atoms with van der Waals surface area (Å²) < 4.78 is 4.60. The average Bonchev–Trinajstić information content (AvgIpc) is 2.50. The van der Waals surface area contributed by atoms with Crippen molar-refractivity contribution in [1.82, 2.24) is 0 Å². The van der Waals surface area contributed by atoms with Gasteiger partial charge in [0.15, 0.2) is 0 Å². The normalized spacial score (nSPS) is 10.0. The van der Waals surface area contributed by atoms with Gasteiger partial charge in [-0.25, -0.2) is 0 Å². The largest absolute Gasteiger partial charge is 0.469 e. The minimum Gasteiger partial charge on any atom is -0.469 e. The highest BCUT2D eigenvalue weighted by atomic mass is 16.5. The van der Waals surface area contributed by atoms with Crippen LogP contribution in [0.3, 0.4) is 0 Å². The molecule has 0 aliphatic rings. The van der Waals surface area contributed by atoms with Crippen LogP contribution in [0.15, 0.2) is 0 Å². The number of esters is 1. The predicted molar refractivity (Wildman–Crippen MR) is 90.1 cm³/mol. The van der Waals surface area contributed by atoms with E-state index in [1.54, 1.807) is 0 Å². The maximum atomic E-state index is 10.9. The van der Waals surface area contributed by atoms with E-state index >= 15 is 0 Å². The molecule has 21 heavy (non-hydrogen) atoms. The summed E-state index contributed by atoms with van der Waals surface area (Å²) in [6.45, 7) is 2.26. The number of methoxy groups -OCH3 is 1. The van der Waals surface area contributed by atoms with Gasteiger partial charge in [0, 0.05) is 19.3 Å². The van der Waals surface area contributed by atoms with E-state index in [0.717, 1.165) is 32.1 Å². The Hall–Kier alpha value is -0.970. The molecular formula is C19H34O2. The van der Waals surface area contributed by atoms with Crippen LogP contribution in [0.1, 0.15) is 96.8 Å². The first-order valence-corrected chi connectivity index (χ1v) is 8.83. The van der Waals surface area contributed by atoms with Gasteiger partial charge in [-0.05, 0) is 19.3 Å². The fourth-order valence-electron chi connectivity index (χ4n) is 2.29. The number of unbranched alkanes of at least 4 members (excludes halogenated alkanes) is 11. The van der Waals surface area contributed by atoms with Crippen molar-refractivity contribution >= 4 is 5.97 Å². The van der Waals surface area contributed by atoms with Gasteiger partial charge in [0.25, 0.3) is 0 Å². The third-order valence-corrected chi connectivity index (χ3v) is 3.69. The smallest absolute Gasteiger partial charge is 0.305 e. The summed E-state index contributed by atoms with van der Waals surface area (Å²) in [5.41, 5.74) is 0. The summed E-state index contributed by atoms with van der Waals surface area (Å²) in [5, 5.41) is 0. The van der Waals surface area contributed by atoms with Crippen molar-refractivity contribution in [2.75, 3.05) is 7.11 Å². The lowest BCUT2D eigenvalue weighted by Gasteiger charge is -1.99. The Morgan fingerprint density at radius 2 is 1.24 bits per heavy atom. The van der Waals surface area contributed by atoms with Gasteiger partial charge in [0.05, 0.1) is 7.11 Å². The topological polar surface area (TPSA) is 26.3 Å². The minimum atomic E-state index is -0.101. The second kappa shape index (κ2) is 17.1. The van der Waals surface area contributed by atoms with Gasteiger partial charge in [0.2, 0.25) is 0 Å². The van der Waals surface area contributed by atoms with Gasteiger partial charge in [-0.15, -0.1) is 11.8 Å². The summed E-state index contributed by atoms with van der Waals surface area (Å²) >= 11 is 0. The molecule has 0 bridgehead atoms.